The van der Waals surface area contributed by atoms with Crippen LogP contribution in [0.3, 0.4) is 0 Å². The number of aromatic nitrogens is 2. The van der Waals surface area contributed by atoms with Crippen LogP contribution in [0.25, 0.3) is 0 Å². The molecule has 1 saturated heterocycles. The Labute approximate surface area is 89.8 Å². The normalized spacial score (nSPS) is 21.1. The Hall–Kier alpha value is -1.37. The average molecular weight is 233 g/mol. The zero-order chi connectivity index (χ0) is 11.6. The number of ether oxygens (including phenoxy) is 1. The van der Waals surface area contributed by atoms with Gasteiger partial charge >= 0.3 is 12.2 Å². The van der Waals surface area contributed by atoms with Crippen LogP contribution >= 0.6 is 0 Å². The molecule has 0 unspecified atom stereocenters. The fourth-order valence-corrected chi connectivity index (χ4v) is 1.40. The van der Waals surface area contributed by atoms with Crippen LogP contribution in [0.4, 0.5) is 13.2 Å². The molecule has 1 N–H and O–H groups in total. The van der Waals surface area contributed by atoms with Crippen LogP contribution in [0, 0.1) is 0 Å². The highest BCUT2D eigenvalue weighted by atomic mass is 19.4. The first-order chi connectivity index (χ1) is 7.55. The van der Waals surface area contributed by atoms with Crippen LogP contribution in [0.15, 0.2) is 12.4 Å². The van der Waals surface area contributed by atoms with Crippen LogP contribution < -0.4 is 10.1 Å². The summed E-state index contributed by atoms with van der Waals surface area (Å²) in [5, 5.41) is 3.07. The van der Waals surface area contributed by atoms with Gasteiger partial charge in [0.1, 0.15) is 6.10 Å². The van der Waals surface area contributed by atoms with Crippen LogP contribution in [-0.4, -0.2) is 29.2 Å². The molecular formula is C9H10F3N3O. The van der Waals surface area contributed by atoms with E-state index in [1.54, 1.807) is 0 Å². The summed E-state index contributed by atoms with van der Waals surface area (Å²) >= 11 is 0. The quantitative estimate of drug-likeness (QED) is 0.834. The van der Waals surface area contributed by atoms with Gasteiger partial charge in [0.2, 0.25) is 0 Å². The Bertz CT molecular complexity index is 346. The Morgan fingerprint density at radius 1 is 1.31 bits per heavy atom. The molecule has 1 atom stereocenters. The summed E-state index contributed by atoms with van der Waals surface area (Å²) in [6.07, 6.45) is -2.20. The van der Waals surface area contributed by atoms with Gasteiger partial charge in [-0.2, -0.15) is 13.2 Å². The topological polar surface area (TPSA) is 47.0 Å². The van der Waals surface area contributed by atoms with Gasteiger partial charge in [-0.25, -0.2) is 9.97 Å². The van der Waals surface area contributed by atoms with Crippen molar-refractivity contribution in [3.05, 3.63) is 18.0 Å². The monoisotopic (exact) mass is 233 g/mol. The summed E-state index contributed by atoms with van der Waals surface area (Å²) in [7, 11) is 0. The van der Waals surface area contributed by atoms with Crippen molar-refractivity contribution in [1.29, 1.82) is 0 Å². The maximum absolute atomic E-state index is 12.2. The summed E-state index contributed by atoms with van der Waals surface area (Å²) in [5.74, 6) is 0. The first-order valence-corrected chi connectivity index (χ1v) is 4.82. The summed E-state index contributed by atoms with van der Waals surface area (Å²) in [6.45, 7) is 1.51. The molecule has 1 aromatic heterocycles. The SMILES string of the molecule is FC(F)(F)c1cnc(O[C@H]2CCNC2)nc1. The molecule has 7 heteroatoms. The zero-order valence-electron chi connectivity index (χ0n) is 8.29. The molecule has 1 fully saturated rings. The van der Waals surface area contributed by atoms with Gasteiger partial charge in [0, 0.05) is 18.9 Å². The average Bonchev–Trinajstić information content (AvgIpc) is 2.70. The molecule has 0 bridgehead atoms. The standard InChI is InChI=1S/C9H10F3N3O/c10-9(11,12)6-3-14-8(15-4-6)16-7-1-2-13-5-7/h3-4,7,13H,1-2,5H2/t7-/m0/s1. The lowest BCUT2D eigenvalue weighted by atomic mass is 10.3. The van der Waals surface area contributed by atoms with Crippen molar-refractivity contribution in [3.8, 4) is 6.01 Å². The molecule has 2 rings (SSSR count). The molecule has 16 heavy (non-hydrogen) atoms. The smallest absolute Gasteiger partial charge is 0.419 e. The highest BCUT2D eigenvalue weighted by Gasteiger charge is 2.31. The van der Waals surface area contributed by atoms with Crippen molar-refractivity contribution in [2.45, 2.75) is 18.7 Å². The van der Waals surface area contributed by atoms with Gasteiger partial charge in [0.05, 0.1) is 5.56 Å². The van der Waals surface area contributed by atoms with Crippen molar-refractivity contribution in [2.24, 2.45) is 0 Å². The van der Waals surface area contributed by atoms with E-state index in [0.29, 0.717) is 6.54 Å². The molecule has 1 aromatic rings. The fourth-order valence-electron chi connectivity index (χ4n) is 1.40. The van der Waals surface area contributed by atoms with Gasteiger partial charge in [0.25, 0.3) is 0 Å². The minimum Gasteiger partial charge on any atom is -0.459 e. The first-order valence-electron chi connectivity index (χ1n) is 4.82. The van der Waals surface area contributed by atoms with Crippen molar-refractivity contribution >= 4 is 0 Å². The lowest BCUT2D eigenvalue weighted by Gasteiger charge is -2.11. The van der Waals surface area contributed by atoms with E-state index in [9.17, 15) is 13.2 Å². The van der Waals surface area contributed by atoms with E-state index < -0.39 is 11.7 Å². The van der Waals surface area contributed by atoms with E-state index in [1.807, 2.05) is 0 Å². The van der Waals surface area contributed by atoms with Gasteiger partial charge in [-0.05, 0) is 13.0 Å². The molecule has 1 aliphatic rings. The molecule has 2 heterocycles. The summed E-state index contributed by atoms with van der Waals surface area (Å²) in [6, 6.07) is -0.0123. The lowest BCUT2D eigenvalue weighted by Crippen LogP contribution is -2.20. The number of alkyl halides is 3. The molecule has 4 nitrogen and oxygen atoms in total. The molecule has 0 spiro atoms. The largest absolute Gasteiger partial charge is 0.459 e. The Balaban J connectivity index is 2.01. The molecule has 1 aliphatic heterocycles. The van der Waals surface area contributed by atoms with E-state index >= 15 is 0 Å². The van der Waals surface area contributed by atoms with Gasteiger partial charge < -0.3 is 10.1 Å². The molecule has 0 aromatic carbocycles. The maximum Gasteiger partial charge on any atom is 0.419 e. The number of nitrogens with one attached hydrogen (secondary N) is 1. The first kappa shape index (κ1) is 11.1. The second-order valence-electron chi connectivity index (χ2n) is 3.48. The van der Waals surface area contributed by atoms with Gasteiger partial charge in [0.15, 0.2) is 0 Å². The highest BCUT2D eigenvalue weighted by Crippen LogP contribution is 2.28. The molecule has 0 radical (unpaired) electrons. The molecule has 0 aliphatic carbocycles. The van der Waals surface area contributed by atoms with Crippen molar-refractivity contribution in [2.75, 3.05) is 13.1 Å². The summed E-state index contributed by atoms with van der Waals surface area (Å²) in [5.41, 5.74) is -0.871. The van der Waals surface area contributed by atoms with Crippen molar-refractivity contribution in [1.82, 2.24) is 15.3 Å². The van der Waals surface area contributed by atoms with E-state index in [1.165, 1.54) is 0 Å². The predicted octanol–water partition coefficient (Wildman–Crippen LogP) is 1.24. The molecule has 0 saturated carbocycles. The highest BCUT2D eigenvalue weighted by molar-refractivity contribution is 5.11. The van der Waals surface area contributed by atoms with Crippen LogP contribution in [0.2, 0.25) is 0 Å². The van der Waals surface area contributed by atoms with E-state index in [0.717, 1.165) is 25.4 Å². The third-order valence-electron chi connectivity index (χ3n) is 2.24. The van der Waals surface area contributed by atoms with Crippen LogP contribution in [0.1, 0.15) is 12.0 Å². The summed E-state index contributed by atoms with van der Waals surface area (Å²) < 4.78 is 41.9. The van der Waals surface area contributed by atoms with Crippen molar-refractivity contribution in [3.63, 3.8) is 0 Å². The molecular weight excluding hydrogens is 223 g/mol. The van der Waals surface area contributed by atoms with Crippen LogP contribution in [0.5, 0.6) is 6.01 Å². The van der Waals surface area contributed by atoms with Gasteiger partial charge in [-0.15, -0.1) is 0 Å². The van der Waals surface area contributed by atoms with Gasteiger partial charge in [-0.3, -0.25) is 0 Å². The number of hydrogen-bond donors (Lipinski definition) is 1. The van der Waals surface area contributed by atoms with E-state index in [-0.39, 0.29) is 12.1 Å². The summed E-state index contributed by atoms with van der Waals surface area (Å²) in [4.78, 5) is 7.06. The Kier molecular flexibility index (Phi) is 2.95. The van der Waals surface area contributed by atoms with Gasteiger partial charge in [-0.1, -0.05) is 0 Å². The third-order valence-corrected chi connectivity index (χ3v) is 2.24. The number of hydrogen-bond acceptors (Lipinski definition) is 4. The second kappa shape index (κ2) is 4.25. The Morgan fingerprint density at radius 2 is 2.00 bits per heavy atom. The maximum atomic E-state index is 12.2. The van der Waals surface area contributed by atoms with Crippen molar-refractivity contribution < 1.29 is 17.9 Å². The number of halogens is 3. The van der Waals surface area contributed by atoms with E-state index in [4.69, 9.17) is 4.74 Å². The minimum absolute atomic E-state index is 0.0123. The lowest BCUT2D eigenvalue weighted by molar-refractivity contribution is -0.138. The second-order valence-corrected chi connectivity index (χ2v) is 3.48. The molecule has 88 valence electrons. The zero-order valence-corrected chi connectivity index (χ0v) is 8.29. The minimum atomic E-state index is -4.41. The number of rotatable bonds is 2. The van der Waals surface area contributed by atoms with Crippen LogP contribution in [-0.2, 0) is 6.18 Å². The fraction of sp³-hybridized carbons (Fsp3) is 0.556. The van der Waals surface area contributed by atoms with E-state index in [2.05, 4.69) is 15.3 Å². The predicted molar refractivity (Wildman–Crippen MR) is 48.9 cm³/mol. The Morgan fingerprint density at radius 3 is 2.50 bits per heavy atom. The molecule has 0 amide bonds. The third kappa shape index (κ3) is 2.60. The number of nitrogens with zero attached hydrogens (tertiary/aromatic N) is 2.